The van der Waals surface area contributed by atoms with Crippen LogP contribution in [0.15, 0.2) is 30.3 Å². The summed E-state index contributed by atoms with van der Waals surface area (Å²) >= 11 is 0. The number of fused-ring (bicyclic) bond motifs is 1. The highest BCUT2D eigenvalue weighted by Crippen LogP contribution is 2.44. The van der Waals surface area contributed by atoms with E-state index in [1.165, 1.54) is 0 Å². The van der Waals surface area contributed by atoms with Crippen LogP contribution in [0.3, 0.4) is 0 Å². The topological polar surface area (TPSA) is 66.4 Å². The van der Waals surface area contributed by atoms with Crippen molar-refractivity contribution in [1.29, 1.82) is 0 Å². The number of halogens is 1. The van der Waals surface area contributed by atoms with Gasteiger partial charge in [0, 0.05) is 0 Å². The van der Waals surface area contributed by atoms with E-state index in [-0.39, 0.29) is 18.3 Å². The van der Waals surface area contributed by atoms with Gasteiger partial charge in [0.1, 0.15) is 18.3 Å². The second-order valence-corrected chi connectivity index (χ2v) is 15.3. The summed E-state index contributed by atoms with van der Waals surface area (Å²) in [7, 11) is -2.24. The minimum atomic E-state index is -2.24. The van der Waals surface area contributed by atoms with Gasteiger partial charge in [0.25, 0.3) is 0 Å². The molecule has 1 aromatic carbocycles. The molecule has 3 rings (SSSR count). The summed E-state index contributed by atoms with van der Waals surface area (Å²) in [5, 5.41) is 9.97. The number of hydrogen-bond donors (Lipinski definition) is 1. The highest BCUT2D eigenvalue weighted by atomic mass is 28.4. The molecule has 2 aliphatic rings. The van der Waals surface area contributed by atoms with Crippen LogP contribution in [0.5, 0.6) is 0 Å². The van der Waals surface area contributed by atoms with Crippen molar-refractivity contribution in [3.8, 4) is 0 Å². The molecule has 1 aromatic rings. The maximum Gasteiger partial charge on any atom is 0.192 e. The van der Waals surface area contributed by atoms with Crippen LogP contribution in [0.4, 0.5) is 4.39 Å². The molecule has 2 fully saturated rings. The fourth-order valence-corrected chi connectivity index (χ4v) is 4.61. The van der Waals surface area contributed by atoms with Crippen LogP contribution in [0.25, 0.3) is 0 Å². The normalized spacial score (nSPS) is 30.2. The zero-order valence-electron chi connectivity index (χ0n) is 19.7. The predicted molar refractivity (Wildman–Crippen MR) is 118 cm³/mol. The molecule has 0 bridgehead atoms. The van der Waals surface area contributed by atoms with Crippen LogP contribution in [-0.2, 0) is 30.0 Å². The minimum Gasteiger partial charge on any atom is -0.413 e. The Hall–Kier alpha value is -0.873. The van der Waals surface area contributed by atoms with E-state index in [0.29, 0.717) is 0 Å². The van der Waals surface area contributed by atoms with Gasteiger partial charge in [0.2, 0.25) is 0 Å². The van der Waals surface area contributed by atoms with E-state index in [0.717, 1.165) is 5.56 Å². The second kappa shape index (κ2) is 8.82. The molecule has 0 unspecified atom stereocenters. The average molecular weight is 457 g/mol. The molecule has 0 aromatic heterocycles. The van der Waals surface area contributed by atoms with Crippen molar-refractivity contribution in [2.45, 2.75) is 95.4 Å². The predicted octanol–water partition coefficient (Wildman–Crippen LogP) is 4.17. The van der Waals surface area contributed by atoms with Gasteiger partial charge in [-0.3, -0.25) is 0 Å². The first-order chi connectivity index (χ1) is 14.3. The third-order valence-corrected chi connectivity index (χ3v) is 11.0. The van der Waals surface area contributed by atoms with Gasteiger partial charge in [-0.15, -0.1) is 0 Å². The van der Waals surface area contributed by atoms with E-state index in [4.69, 9.17) is 23.4 Å². The van der Waals surface area contributed by atoms with E-state index in [1.54, 1.807) is 13.8 Å². The molecule has 0 spiro atoms. The molecular weight excluding hydrogens is 419 g/mol. The smallest absolute Gasteiger partial charge is 0.192 e. The van der Waals surface area contributed by atoms with Gasteiger partial charge in [0.15, 0.2) is 26.1 Å². The Labute approximate surface area is 186 Å². The number of aliphatic hydroxyl groups is 1. The molecule has 5 atom stereocenters. The molecule has 176 valence electrons. The Morgan fingerprint density at radius 3 is 2.35 bits per heavy atom. The summed E-state index contributed by atoms with van der Waals surface area (Å²) in [5.41, 5.74) is -1.20. The van der Waals surface area contributed by atoms with Crippen LogP contribution in [0.1, 0.15) is 40.2 Å². The van der Waals surface area contributed by atoms with Crippen molar-refractivity contribution >= 4 is 8.32 Å². The van der Waals surface area contributed by atoms with Gasteiger partial charge in [-0.2, -0.15) is 0 Å². The summed E-state index contributed by atoms with van der Waals surface area (Å²) in [6.45, 7) is 13.2. The largest absolute Gasteiger partial charge is 0.413 e. The van der Waals surface area contributed by atoms with Crippen molar-refractivity contribution in [1.82, 2.24) is 0 Å². The van der Waals surface area contributed by atoms with Crippen LogP contribution < -0.4 is 0 Å². The maximum absolute atomic E-state index is 16.2. The third kappa shape index (κ3) is 5.38. The summed E-state index contributed by atoms with van der Waals surface area (Å²) in [4.78, 5) is 0. The highest BCUT2D eigenvalue weighted by Gasteiger charge is 2.62. The van der Waals surface area contributed by atoms with Crippen molar-refractivity contribution in [3.05, 3.63) is 35.9 Å². The number of alkyl halides is 1. The lowest BCUT2D eigenvalue weighted by atomic mass is 9.95. The van der Waals surface area contributed by atoms with Crippen molar-refractivity contribution in [2.75, 3.05) is 13.2 Å². The maximum atomic E-state index is 16.2. The van der Waals surface area contributed by atoms with E-state index in [9.17, 15) is 5.11 Å². The molecule has 0 radical (unpaired) electrons. The molecule has 8 heteroatoms. The Balaban J connectivity index is 1.80. The van der Waals surface area contributed by atoms with Gasteiger partial charge in [-0.05, 0) is 37.5 Å². The quantitative estimate of drug-likeness (QED) is 0.592. The molecule has 0 amide bonds. The summed E-state index contributed by atoms with van der Waals surface area (Å²) < 4.78 is 46.2. The van der Waals surface area contributed by atoms with Crippen molar-refractivity contribution in [3.63, 3.8) is 0 Å². The molecule has 0 aliphatic carbocycles. The van der Waals surface area contributed by atoms with Gasteiger partial charge < -0.3 is 28.5 Å². The molecule has 6 nitrogen and oxygen atoms in total. The first-order valence-corrected chi connectivity index (χ1v) is 13.8. The Morgan fingerprint density at radius 1 is 1.13 bits per heavy atom. The Morgan fingerprint density at radius 2 is 1.77 bits per heavy atom. The van der Waals surface area contributed by atoms with Gasteiger partial charge >= 0.3 is 0 Å². The van der Waals surface area contributed by atoms with E-state index in [2.05, 4.69) is 20.8 Å². The Kier molecular flexibility index (Phi) is 7.04. The first-order valence-electron chi connectivity index (χ1n) is 10.9. The van der Waals surface area contributed by atoms with Gasteiger partial charge in [-0.1, -0.05) is 51.1 Å². The molecule has 1 N–H and O–H groups in total. The number of aliphatic hydroxyl groups excluding tert-OH is 1. The fraction of sp³-hybridized carbons (Fsp3) is 0.739. The fourth-order valence-electron chi connectivity index (χ4n) is 3.58. The summed E-state index contributed by atoms with van der Waals surface area (Å²) in [6, 6.07) is 9.64. The first kappa shape index (κ1) is 24.8. The number of ether oxygens (including phenoxy) is 4. The highest BCUT2D eigenvalue weighted by molar-refractivity contribution is 6.74. The summed E-state index contributed by atoms with van der Waals surface area (Å²) in [6.07, 6.45) is -3.21. The van der Waals surface area contributed by atoms with E-state index < -0.39 is 51.0 Å². The molecule has 2 saturated heterocycles. The number of rotatable bonds is 8. The monoisotopic (exact) mass is 456 g/mol. The number of benzene rings is 1. The molecule has 0 saturated carbocycles. The van der Waals surface area contributed by atoms with Crippen LogP contribution in [0, 0.1) is 0 Å². The lowest BCUT2D eigenvalue weighted by Gasteiger charge is -2.40. The van der Waals surface area contributed by atoms with Crippen LogP contribution in [-0.4, -0.2) is 62.7 Å². The van der Waals surface area contributed by atoms with Gasteiger partial charge in [-0.25, -0.2) is 4.39 Å². The zero-order chi connectivity index (χ0) is 23.1. The lowest BCUT2D eigenvalue weighted by molar-refractivity contribution is -0.241. The average Bonchev–Trinajstić information content (AvgIpc) is 3.16. The molecule has 2 aliphatic heterocycles. The van der Waals surface area contributed by atoms with Crippen molar-refractivity contribution in [2.24, 2.45) is 0 Å². The molecule has 2 heterocycles. The van der Waals surface area contributed by atoms with Crippen molar-refractivity contribution < 1.29 is 32.9 Å². The second-order valence-electron chi connectivity index (χ2n) is 10.5. The van der Waals surface area contributed by atoms with Gasteiger partial charge in [0.05, 0.1) is 19.8 Å². The molecule has 31 heavy (non-hydrogen) atoms. The summed E-state index contributed by atoms with van der Waals surface area (Å²) in [5.74, 6) is -0.857. The number of hydrogen-bond acceptors (Lipinski definition) is 6. The van der Waals surface area contributed by atoms with Crippen LogP contribution >= 0.6 is 0 Å². The standard InChI is InChI=1S/C23H37FO6Si/c1-21(2,3)31(6,7)27-15-23(24,14-25)19-17(26-13-16-11-9-8-10-12-16)18-20(28-19)30-22(4,5)29-18/h8-12,17-20,25H,13-15H2,1-7H3/t17-,18-,19+,20-,23+/m1/s1. The minimum absolute atomic E-state index is 0.0874. The Bertz CT molecular complexity index is 737. The van der Waals surface area contributed by atoms with E-state index >= 15 is 4.39 Å². The van der Waals surface area contributed by atoms with E-state index in [1.807, 2.05) is 43.4 Å². The SMILES string of the molecule is CC1(C)O[C@H]2O[C@H]([C@](F)(CO)CO[Si](C)(C)C(C)(C)C)[C@H](OCc3ccccc3)[C@H]2O1. The molecular formula is C23H37FO6Si. The zero-order valence-corrected chi connectivity index (χ0v) is 20.7. The lowest BCUT2D eigenvalue weighted by Crippen LogP contribution is -2.55. The third-order valence-electron chi connectivity index (χ3n) is 6.53. The van der Waals surface area contributed by atoms with Crippen LogP contribution in [0.2, 0.25) is 18.1 Å².